The molecule has 2 aromatic rings. The van der Waals surface area contributed by atoms with Crippen LogP contribution in [-0.4, -0.2) is 54.0 Å². The van der Waals surface area contributed by atoms with Gasteiger partial charge in [0, 0.05) is 23.5 Å². The molecule has 5 atom stereocenters. The molecule has 174 valence electrons. The summed E-state index contributed by atoms with van der Waals surface area (Å²) in [6.07, 6.45) is 3.71. The predicted octanol–water partition coefficient (Wildman–Crippen LogP) is 3.08. The third-order valence-corrected chi connectivity index (χ3v) is 7.57. The number of amides is 3. The molecular weight excluding hydrogens is 430 g/mol. The van der Waals surface area contributed by atoms with Crippen molar-refractivity contribution >= 4 is 34.7 Å². The lowest BCUT2D eigenvalue weighted by atomic mass is 9.87. The summed E-state index contributed by atoms with van der Waals surface area (Å²) < 4.78 is 5.71. The summed E-state index contributed by atoms with van der Waals surface area (Å²) >= 11 is 0. The van der Waals surface area contributed by atoms with Gasteiger partial charge in [-0.3, -0.25) is 19.3 Å². The van der Waals surface area contributed by atoms with Crippen molar-refractivity contribution in [1.82, 2.24) is 4.90 Å². The number of hydrogen-bond donors (Lipinski definition) is 1. The highest BCUT2D eigenvalue weighted by Gasteiger charge is 2.64. The lowest BCUT2D eigenvalue weighted by Gasteiger charge is -2.38. The number of allylic oxidation sites excluding steroid dienone is 1. The van der Waals surface area contributed by atoms with Crippen LogP contribution in [0.1, 0.15) is 25.3 Å². The smallest absolute Gasteiger partial charge is 0.247 e. The van der Waals surface area contributed by atoms with Crippen molar-refractivity contribution in [2.24, 2.45) is 11.8 Å². The van der Waals surface area contributed by atoms with Crippen molar-refractivity contribution in [3.8, 4) is 0 Å². The molecule has 7 nitrogen and oxygen atoms in total. The molecule has 3 saturated heterocycles. The highest BCUT2D eigenvalue weighted by molar-refractivity contribution is 6.12. The maximum absolute atomic E-state index is 13.7. The molecule has 7 heteroatoms. The van der Waals surface area contributed by atoms with Crippen LogP contribution < -0.4 is 10.2 Å². The fourth-order valence-corrected chi connectivity index (χ4v) is 6.07. The van der Waals surface area contributed by atoms with E-state index in [0.29, 0.717) is 12.3 Å². The second kappa shape index (κ2) is 8.09. The Kier molecular flexibility index (Phi) is 5.03. The molecule has 6 rings (SSSR count). The number of nitrogens with zero attached hydrogens (tertiary/aromatic N) is 2. The predicted molar refractivity (Wildman–Crippen MR) is 128 cm³/mol. The Hall–Kier alpha value is -3.45. The third-order valence-electron chi connectivity index (χ3n) is 7.57. The van der Waals surface area contributed by atoms with Gasteiger partial charge in [0.1, 0.15) is 6.04 Å². The molecule has 3 amide bonds. The standard InChI is InChI=1S/C27H27N3O4/c1-16-14-21-22-23(27(33)29(26(22)32)15-18-10-7-13-34-18)24(25(31)28-17-8-3-2-4-9-17)30(21)20-12-6-5-11-19(16)20/h2-6,8-9,11-12,14,18,21-24H,7,10,13,15H2,1H3,(H,28,31)/t18-,21+,22-,23+,24-/m0/s1. The van der Waals surface area contributed by atoms with Gasteiger partial charge in [-0.25, -0.2) is 0 Å². The quantitative estimate of drug-likeness (QED) is 0.714. The number of ether oxygens (including phenoxy) is 1. The third kappa shape index (κ3) is 3.18. The molecular formula is C27H27N3O4. The lowest BCUT2D eigenvalue weighted by Crippen LogP contribution is -2.51. The minimum Gasteiger partial charge on any atom is -0.376 e. The van der Waals surface area contributed by atoms with E-state index in [2.05, 4.69) is 11.4 Å². The number of hydrogen-bond acceptors (Lipinski definition) is 5. The van der Waals surface area contributed by atoms with Gasteiger partial charge in [-0.1, -0.05) is 42.5 Å². The van der Waals surface area contributed by atoms with Gasteiger partial charge in [-0.05, 0) is 43.5 Å². The van der Waals surface area contributed by atoms with E-state index >= 15 is 0 Å². The molecule has 3 fully saturated rings. The highest BCUT2D eigenvalue weighted by Crippen LogP contribution is 2.50. The first-order valence-electron chi connectivity index (χ1n) is 11.9. The summed E-state index contributed by atoms with van der Waals surface area (Å²) in [4.78, 5) is 44.4. The van der Waals surface area contributed by atoms with Gasteiger partial charge in [0.15, 0.2) is 0 Å². The van der Waals surface area contributed by atoms with E-state index in [1.165, 1.54) is 4.90 Å². The number of benzene rings is 2. The molecule has 0 aromatic heterocycles. The van der Waals surface area contributed by atoms with Crippen LogP contribution in [0.25, 0.3) is 5.57 Å². The van der Waals surface area contributed by atoms with E-state index in [-0.39, 0.29) is 36.4 Å². The van der Waals surface area contributed by atoms with Gasteiger partial charge in [-0.15, -0.1) is 0 Å². The molecule has 0 bridgehead atoms. The second-order valence-electron chi connectivity index (χ2n) is 9.54. The van der Waals surface area contributed by atoms with Crippen LogP contribution in [0.4, 0.5) is 11.4 Å². The van der Waals surface area contributed by atoms with Gasteiger partial charge < -0.3 is 15.0 Å². The summed E-state index contributed by atoms with van der Waals surface area (Å²) in [5, 5.41) is 2.99. The van der Waals surface area contributed by atoms with Crippen LogP contribution in [0.5, 0.6) is 0 Å². The molecule has 0 unspecified atom stereocenters. The van der Waals surface area contributed by atoms with Crippen LogP contribution in [0.2, 0.25) is 0 Å². The van der Waals surface area contributed by atoms with Gasteiger partial charge in [-0.2, -0.15) is 0 Å². The fraction of sp³-hybridized carbons (Fsp3) is 0.370. The molecule has 34 heavy (non-hydrogen) atoms. The van der Waals surface area contributed by atoms with E-state index in [1.807, 2.05) is 66.4 Å². The summed E-state index contributed by atoms with van der Waals surface area (Å²) in [5.41, 5.74) is 3.63. The SMILES string of the molecule is CC1=C[C@@H]2[C@@H]3C(=O)N(C[C@@H]4CCCO4)C(=O)[C@H]3[C@@H](C(=O)Nc3ccccc3)N2c2ccccc21. The Labute approximate surface area is 198 Å². The number of fused-ring (bicyclic) bond motifs is 5. The number of carbonyl (C=O) groups excluding carboxylic acids is 3. The van der Waals surface area contributed by atoms with Crippen LogP contribution >= 0.6 is 0 Å². The average Bonchev–Trinajstić information content (AvgIpc) is 3.53. The molecule has 1 N–H and O–H groups in total. The van der Waals surface area contributed by atoms with Crippen molar-refractivity contribution in [3.63, 3.8) is 0 Å². The molecule has 4 aliphatic rings. The maximum Gasteiger partial charge on any atom is 0.247 e. The first-order valence-corrected chi connectivity index (χ1v) is 11.9. The number of rotatable bonds is 4. The number of para-hydroxylation sites is 2. The van der Waals surface area contributed by atoms with Crippen molar-refractivity contribution in [2.45, 2.75) is 38.0 Å². The summed E-state index contributed by atoms with van der Waals surface area (Å²) in [6, 6.07) is 16.0. The Morgan fingerprint density at radius 3 is 2.53 bits per heavy atom. The molecule has 0 radical (unpaired) electrons. The topological polar surface area (TPSA) is 78.9 Å². The van der Waals surface area contributed by atoms with Gasteiger partial charge >= 0.3 is 0 Å². The molecule has 4 heterocycles. The number of imide groups is 1. The van der Waals surface area contributed by atoms with E-state index in [4.69, 9.17) is 4.74 Å². The zero-order valence-corrected chi connectivity index (χ0v) is 19.0. The first kappa shape index (κ1) is 21.1. The maximum atomic E-state index is 13.7. The van der Waals surface area contributed by atoms with Crippen LogP contribution in [-0.2, 0) is 19.1 Å². The van der Waals surface area contributed by atoms with E-state index < -0.39 is 17.9 Å². The molecule has 2 aromatic carbocycles. The first-order chi connectivity index (χ1) is 16.5. The minimum absolute atomic E-state index is 0.121. The van der Waals surface area contributed by atoms with Crippen molar-refractivity contribution < 1.29 is 19.1 Å². The summed E-state index contributed by atoms with van der Waals surface area (Å²) in [7, 11) is 0. The summed E-state index contributed by atoms with van der Waals surface area (Å²) in [5.74, 6) is -2.07. The van der Waals surface area contributed by atoms with Crippen molar-refractivity contribution in [3.05, 3.63) is 66.2 Å². The van der Waals surface area contributed by atoms with Crippen LogP contribution in [0.3, 0.4) is 0 Å². The van der Waals surface area contributed by atoms with Crippen molar-refractivity contribution in [1.29, 1.82) is 0 Å². The Balaban J connectivity index is 1.41. The van der Waals surface area contributed by atoms with Crippen molar-refractivity contribution in [2.75, 3.05) is 23.4 Å². The minimum atomic E-state index is -0.786. The average molecular weight is 458 g/mol. The van der Waals surface area contributed by atoms with Crippen LogP contribution in [0, 0.1) is 11.8 Å². The number of carbonyl (C=O) groups is 3. The molecule has 0 saturated carbocycles. The van der Waals surface area contributed by atoms with Gasteiger partial charge in [0.2, 0.25) is 17.7 Å². The zero-order valence-electron chi connectivity index (χ0n) is 19.0. The lowest BCUT2D eigenvalue weighted by molar-refractivity contribution is -0.142. The van der Waals surface area contributed by atoms with E-state index in [0.717, 1.165) is 29.7 Å². The van der Waals surface area contributed by atoms with Gasteiger partial charge in [0.25, 0.3) is 0 Å². The number of anilines is 2. The normalized spacial score (nSPS) is 29.6. The number of nitrogens with one attached hydrogen (secondary N) is 1. The van der Waals surface area contributed by atoms with E-state index in [9.17, 15) is 14.4 Å². The molecule has 0 spiro atoms. The Morgan fingerprint density at radius 2 is 1.76 bits per heavy atom. The Bertz CT molecular complexity index is 1190. The second-order valence-corrected chi connectivity index (χ2v) is 9.54. The molecule has 0 aliphatic carbocycles. The van der Waals surface area contributed by atoms with Crippen LogP contribution in [0.15, 0.2) is 60.7 Å². The monoisotopic (exact) mass is 457 g/mol. The Morgan fingerprint density at radius 1 is 1.03 bits per heavy atom. The molecule has 4 aliphatic heterocycles. The number of likely N-dealkylation sites (tertiary alicyclic amines) is 1. The largest absolute Gasteiger partial charge is 0.376 e. The zero-order chi connectivity index (χ0) is 23.4. The summed E-state index contributed by atoms with van der Waals surface area (Å²) in [6.45, 7) is 2.95. The fourth-order valence-electron chi connectivity index (χ4n) is 6.07. The highest BCUT2D eigenvalue weighted by atomic mass is 16.5. The van der Waals surface area contributed by atoms with E-state index in [1.54, 1.807) is 0 Å². The van der Waals surface area contributed by atoms with Gasteiger partial charge in [0.05, 0.1) is 30.5 Å².